The Kier molecular flexibility index (Phi) is 4.75. The van der Waals surface area contributed by atoms with Gasteiger partial charge in [-0.05, 0) is 19.4 Å². The van der Waals surface area contributed by atoms with Crippen LogP contribution in [0.15, 0.2) is 30.9 Å². The van der Waals surface area contributed by atoms with Gasteiger partial charge in [0, 0.05) is 50.7 Å². The van der Waals surface area contributed by atoms with Crippen molar-refractivity contribution < 1.29 is 9.53 Å². The molecule has 1 amide bonds. The number of carbonyl (C=O) groups excluding carboxylic acids is 1. The largest absolute Gasteiger partial charge is 0.374 e. The quantitative estimate of drug-likeness (QED) is 0.793. The van der Waals surface area contributed by atoms with Gasteiger partial charge in [-0.3, -0.25) is 9.78 Å². The average Bonchev–Trinajstić information content (AvgIpc) is 2.90. The van der Waals surface area contributed by atoms with Crippen LogP contribution in [0, 0.1) is 12.8 Å². The summed E-state index contributed by atoms with van der Waals surface area (Å²) < 4.78 is 6.07. The molecule has 8 nitrogen and oxygen atoms in total. The number of aryl methyl sites for hydroxylation is 1. The summed E-state index contributed by atoms with van der Waals surface area (Å²) in [5, 5.41) is 0. The van der Waals surface area contributed by atoms with Crippen molar-refractivity contribution in [1.29, 1.82) is 0 Å². The van der Waals surface area contributed by atoms with Gasteiger partial charge in [0.15, 0.2) is 0 Å². The van der Waals surface area contributed by atoms with Gasteiger partial charge in [0.25, 0.3) is 5.91 Å². The maximum absolute atomic E-state index is 12.7. The lowest BCUT2D eigenvalue weighted by Crippen LogP contribution is -2.49. The second kappa shape index (κ2) is 7.33. The fourth-order valence-electron chi connectivity index (χ4n) is 3.54. The van der Waals surface area contributed by atoms with Crippen molar-refractivity contribution >= 4 is 11.9 Å². The SMILES string of the molecule is Cc1cnc(C(=O)N2CC[C@@H]3CN(c4ncccn4)CCO[C@@H]3C2)cn1. The Morgan fingerprint density at radius 2 is 1.96 bits per heavy atom. The third-order valence-corrected chi connectivity index (χ3v) is 4.97. The Bertz CT molecular complexity index is 754. The summed E-state index contributed by atoms with van der Waals surface area (Å²) in [4.78, 5) is 33.8. The summed E-state index contributed by atoms with van der Waals surface area (Å²) >= 11 is 0. The number of hydrogen-bond donors (Lipinski definition) is 0. The van der Waals surface area contributed by atoms with Gasteiger partial charge >= 0.3 is 0 Å². The van der Waals surface area contributed by atoms with Crippen LogP contribution in [-0.2, 0) is 4.74 Å². The smallest absolute Gasteiger partial charge is 0.274 e. The van der Waals surface area contributed by atoms with E-state index in [-0.39, 0.29) is 12.0 Å². The van der Waals surface area contributed by atoms with E-state index in [1.54, 1.807) is 24.8 Å². The van der Waals surface area contributed by atoms with Crippen LogP contribution in [0.1, 0.15) is 22.6 Å². The average molecular weight is 354 g/mol. The predicted octanol–water partition coefficient (Wildman–Crippen LogP) is 0.943. The lowest BCUT2D eigenvalue weighted by atomic mass is 9.93. The number of ether oxygens (including phenoxy) is 1. The second-order valence-electron chi connectivity index (χ2n) is 6.75. The standard InChI is InChI=1S/C18H22N6O2/c1-13-9-22-15(10-21-13)17(25)23-6-3-14-11-24(7-8-26-16(14)12-23)18-19-4-2-5-20-18/h2,4-5,9-10,14,16H,3,6-8,11-12H2,1H3/t14-,16-/m1/s1. The van der Waals surface area contributed by atoms with E-state index in [4.69, 9.17) is 4.74 Å². The van der Waals surface area contributed by atoms with Crippen LogP contribution in [0.25, 0.3) is 0 Å². The molecule has 0 aromatic carbocycles. The van der Waals surface area contributed by atoms with E-state index >= 15 is 0 Å². The molecule has 2 aliphatic heterocycles. The highest BCUT2D eigenvalue weighted by Crippen LogP contribution is 2.26. The maximum atomic E-state index is 12.7. The van der Waals surface area contributed by atoms with Gasteiger partial charge in [0.1, 0.15) is 5.69 Å². The molecule has 0 saturated carbocycles. The summed E-state index contributed by atoms with van der Waals surface area (Å²) in [5.74, 6) is 1.02. The zero-order valence-corrected chi connectivity index (χ0v) is 14.8. The van der Waals surface area contributed by atoms with Crippen LogP contribution >= 0.6 is 0 Å². The first-order valence-electron chi connectivity index (χ1n) is 8.92. The topological polar surface area (TPSA) is 84.3 Å². The molecule has 0 unspecified atom stereocenters. The normalized spacial score (nSPS) is 23.3. The molecule has 2 aromatic rings. The molecule has 26 heavy (non-hydrogen) atoms. The first-order valence-corrected chi connectivity index (χ1v) is 8.92. The van der Waals surface area contributed by atoms with Gasteiger partial charge in [-0.2, -0.15) is 0 Å². The fourth-order valence-corrected chi connectivity index (χ4v) is 3.54. The number of hydrogen-bond acceptors (Lipinski definition) is 7. The van der Waals surface area contributed by atoms with Gasteiger partial charge in [-0.15, -0.1) is 0 Å². The van der Waals surface area contributed by atoms with Gasteiger partial charge < -0.3 is 14.5 Å². The van der Waals surface area contributed by atoms with Crippen molar-refractivity contribution in [2.75, 3.05) is 37.7 Å². The highest BCUT2D eigenvalue weighted by molar-refractivity contribution is 5.92. The minimum Gasteiger partial charge on any atom is -0.374 e. The number of anilines is 1. The Morgan fingerprint density at radius 3 is 2.73 bits per heavy atom. The van der Waals surface area contributed by atoms with Crippen LogP contribution in [0.3, 0.4) is 0 Å². The van der Waals surface area contributed by atoms with E-state index in [1.165, 1.54) is 0 Å². The predicted molar refractivity (Wildman–Crippen MR) is 94.8 cm³/mol. The first-order chi connectivity index (χ1) is 12.7. The number of aromatic nitrogens is 4. The number of likely N-dealkylation sites (tertiary alicyclic amines) is 1. The van der Waals surface area contributed by atoms with Crippen molar-refractivity contribution in [3.8, 4) is 0 Å². The molecule has 0 aliphatic carbocycles. The van der Waals surface area contributed by atoms with E-state index in [9.17, 15) is 4.79 Å². The molecule has 2 fully saturated rings. The number of fused-ring (bicyclic) bond motifs is 1. The molecule has 2 saturated heterocycles. The third-order valence-electron chi connectivity index (χ3n) is 4.97. The molecule has 0 spiro atoms. The lowest BCUT2D eigenvalue weighted by molar-refractivity contribution is -0.0170. The number of carbonyl (C=O) groups is 1. The van der Waals surface area contributed by atoms with Crippen molar-refractivity contribution in [3.05, 3.63) is 42.2 Å². The summed E-state index contributed by atoms with van der Waals surface area (Å²) in [6.07, 6.45) is 7.61. The molecular formula is C18H22N6O2. The zero-order valence-electron chi connectivity index (χ0n) is 14.8. The summed E-state index contributed by atoms with van der Waals surface area (Å²) in [7, 11) is 0. The van der Waals surface area contributed by atoms with E-state index < -0.39 is 0 Å². The van der Waals surface area contributed by atoms with Gasteiger partial charge in [0.2, 0.25) is 5.95 Å². The van der Waals surface area contributed by atoms with Crippen LogP contribution in [-0.4, -0.2) is 69.6 Å². The van der Waals surface area contributed by atoms with Crippen LogP contribution in [0.2, 0.25) is 0 Å². The van der Waals surface area contributed by atoms with Gasteiger partial charge in [-0.1, -0.05) is 0 Å². The summed E-state index contributed by atoms with van der Waals surface area (Å²) in [5.41, 5.74) is 1.19. The number of amides is 1. The van der Waals surface area contributed by atoms with Crippen molar-refractivity contribution in [2.24, 2.45) is 5.92 Å². The van der Waals surface area contributed by atoms with Crippen LogP contribution in [0.4, 0.5) is 5.95 Å². The molecule has 0 radical (unpaired) electrons. The molecule has 8 heteroatoms. The zero-order chi connectivity index (χ0) is 17.9. The second-order valence-corrected chi connectivity index (χ2v) is 6.75. The summed E-state index contributed by atoms with van der Waals surface area (Å²) in [6, 6.07) is 1.82. The van der Waals surface area contributed by atoms with Crippen molar-refractivity contribution in [2.45, 2.75) is 19.4 Å². The Hall–Kier alpha value is -2.61. The van der Waals surface area contributed by atoms with Gasteiger partial charge in [-0.25, -0.2) is 15.0 Å². The minimum absolute atomic E-state index is 0.0276. The van der Waals surface area contributed by atoms with Crippen LogP contribution in [0.5, 0.6) is 0 Å². The maximum Gasteiger partial charge on any atom is 0.274 e. The molecule has 4 heterocycles. The van der Waals surface area contributed by atoms with E-state index in [1.807, 2.05) is 17.9 Å². The molecule has 0 bridgehead atoms. The Morgan fingerprint density at radius 1 is 1.12 bits per heavy atom. The van der Waals surface area contributed by atoms with E-state index in [2.05, 4.69) is 24.8 Å². The molecule has 2 atom stereocenters. The summed E-state index contributed by atoms with van der Waals surface area (Å²) in [6.45, 7) is 5.35. The number of nitrogens with zero attached hydrogens (tertiary/aromatic N) is 6. The third kappa shape index (κ3) is 3.50. The van der Waals surface area contributed by atoms with Crippen molar-refractivity contribution in [3.63, 3.8) is 0 Å². The molecule has 136 valence electrons. The highest BCUT2D eigenvalue weighted by atomic mass is 16.5. The lowest BCUT2D eigenvalue weighted by Gasteiger charge is -2.37. The Labute approximate surface area is 152 Å². The molecule has 4 rings (SSSR count). The molecular weight excluding hydrogens is 332 g/mol. The van der Waals surface area contributed by atoms with E-state index in [0.29, 0.717) is 31.3 Å². The highest BCUT2D eigenvalue weighted by Gasteiger charge is 2.36. The minimum atomic E-state index is -0.0768. The fraction of sp³-hybridized carbons (Fsp3) is 0.500. The first kappa shape index (κ1) is 16.8. The van der Waals surface area contributed by atoms with E-state index in [0.717, 1.165) is 31.2 Å². The molecule has 0 N–H and O–H groups in total. The van der Waals surface area contributed by atoms with Gasteiger partial charge in [0.05, 0.1) is 24.6 Å². The number of piperidine rings is 1. The molecule has 2 aromatic heterocycles. The molecule has 2 aliphatic rings. The monoisotopic (exact) mass is 354 g/mol. The van der Waals surface area contributed by atoms with Crippen molar-refractivity contribution in [1.82, 2.24) is 24.8 Å². The number of rotatable bonds is 2. The van der Waals surface area contributed by atoms with Crippen LogP contribution < -0.4 is 4.90 Å². The Balaban J connectivity index is 1.43.